The second kappa shape index (κ2) is 7.88. The highest BCUT2D eigenvalue weighted by Crippen LogP contribution is 2.29. The zero-order chi connectivity index (χ0) is 16.1. The molecule has 1 aromatic heterocycles. The Bertz CT molecular complexity index is 504. The van der Waals surface area contributed by atoms with Gasteiger partial charge in [0.05, 0.1) is 12.7 Å². The maximum Gasteiger partial charge on any atom is 0.223 e. The van der Waals surface area contributed by atoms with Crippen molar-refractivity contribution in [2.75, 3.05) is 39.8 Å². The number of aryl methyl sites for hydroxylation is 1. The van der Waals surface area contributed by atoms with Crippen LogP contribution in [0.4, 0.5) is 0 Å². The van der Waals surface area contributed by atoms with Crippen molar-refractivity contribution in [2.45, 2.75) is 31.8 Å². The van der Waals surface area contributed by atoms with Gasteiger partial charge in [-0.1, -0.05) is 6.07 Å². The predicted octanol–water partition coefficient (Wildman–Crippen LogP) is 1.58. The SMILES string of the molecule is CN(CC1CC1)C[C@@H]1CN(C(=O)CCc2ccccn2)CCO1. The molecule has 1 atom stereocenters. The Hall–Kier alpha value is -1.46. The zero-order valence-electron chi connectivity index (χ0n) is 14.0. The van der Waals surface area contributed by atoms with E-state index in [1.54, 1.807) is 6.20 Å². The van der Waals surface area contributed by atoms with Crippen LogP contribution in [0.15, 0.2) is 24.4 Å². The van der Waals surface area contributed by atoms with Gasteiger partial charge in [0.15, 0.2) is 0 Å². The number of hydrogen-bond donors (Lipinski definition) is 0. The summed E-state index contributed by atoms with van der Waals surface area (Å²) in [5.74, 6) is 1.11. The lowest BCUT2D eigenvalue weighted by Gasteiger charge is -2.35. The fourth-order valence-electron chi connectivity index (χ4n) is 3.16. The molecular formula is C18H27N3O2. The Morgan fingerprint density at radius 2 is 2.26 bits per heavy atom. The molecule has 1 saturated heterocycles. The van der Waals surface area contributed by atoms with Crippen molar-refractivity contribution in [3.05, 3.63) is 30.1 Å². The maximum atomic E-state index is 12.4. The Labute approximate surface area is 138 Å². The van der Waals surface area contributed by atoms with E-state index in [9.17, 15) is 4.79 Å². The summed E-state index contributed by atoms with van der Waals surface area (Å²) in [5.41, 5.74) is 0.981. The third kappa shape index (κ3) is 5.29. The lowest BCUT2D eigenvalue weighted by Crippen LogP contribution is -2.49. The molecule has 3 rings (SSSR count). The second-order valence-electron chi connectivity index (χ2n) is 6.82. The molecule has 0 N–H and O–H groups in total. The summed E-state index contributed by atoms with van der Waals surface area (Å²) in [7, 11) is 2.16. The number of carbonyl (C=O) groups is 1. The van der Waals surface area contributed by atoms with E-state index in [1.807, 2.05) is 23.1 Å². The van der Waals surface area contributed by atoms with Crippen molar-refractivity contribution in [2.24, 2.45) is 5.92 Å². The smallest absolute Gasteiger partial charge is 0.223 e. The van der Waals surface area contributed by atoms with E-state index in [0.29, 0.717) is 26.0 Å². The van der Waals surface area contributed by atoms with Crippen molar-refractivity contribution in [1.82, 2.24) is 14.8 Å². The Balaban J connectivity index is 1.42. The summed E-state index contributed by atoms with van der Waals surface area (Å²) >= 11 is 0. The zero-order valence-corrected chi connectivity index (χ0v) is 14.0. The molecule has 0 radical (unpaired) electrons. The molecule has 5 nitrogen and oxygen atoms in total. The molecule has 23 heavy (non-hydrogen) atoms. The second-order valence-corrected chi connectivity index (χ2v) is 6.82. The summed E-state index contributed by atoms with van der Waals surface area (Å²) in [6.07, 6.45) is 5.90. The molecular weight excluding hydrogens is 290 g/mol. The number of amides is 1. The lowest BCUT2D eigenvalue weighted by atomic mass is 10.2. The van der Waals surface area contributed by atoms with Crippen LogP contribution in [0.3, 0.4) is 0 Å². The largest absolute Gasteiger partial charge is 0.373 e. The van der Waals surface area contributed by atoms with Gasteiger partial charge in [-0.2, -0.15) is 0 Å². The van der Waals surface area contributed by atoms with Crippen molar-refractivity contribution in [3.63, 3.8) is 0 Å². The lowest BCUT2D eigenvalue weighted by molar-refractivity contribution is -0.139. The number of ether oxygens (including phenoxy) is 1. The molecule has 1 amide bonds. The van der Waals surface area contributed by atoms with Gasteiger partial charge in [-0.15, -0.1) is 0 Å². The summed E-state index contributed by atoms with van der Waals surface area (Å²) in [6.45, 7) is 4.16. The number of pyridine rings is 1. The van der Waals surface area contributed by atoms with E-state index in [1.165, 1.54) is 12.8 Å². The fourth-order valence-corrected chi connectivity index (χ4v) is 3.16. The van der Waals surface area contributed by atoms with Crippen LogP contribution in [0, 0.1) is 5.92 Å². The van der Waals surface area contributed by atoms with Crippen LogP contribution in [0.5, 0.6) is 0 Å². The van der Waals surface area contributed by atoms with Crippen LogP contribution in [0.2, 0.25) is 0 Å². The van der Waals surface area contributed by atoms with Gasteiger partial charge in [0, 0.05) is 44.5 Å². The first-order valence-corrected chi connectivity index (χ1v) is 8.68. The first-order valence-electron chi connectivity index (χ1n) is 8.68. The van der Waals surface area contributed by atoms with Gasteiger partial charge < -0.3 is 14.5 Å². The molecule has 2 heterocycles. The summed E-state index contributed by atoms with van der Waals surface area (Å²) in [4.78, 5) is 21.0. The number of aromatic nitrogens is 1. The van der Waals surface area contributed by atoms with Gasteiger partial charge in [0.2, 0.25) is 5.91 Å². The third-order valence-corrected chi connectivity index (χ3v) is 4.59. The monoisotopic (exact) mass is 317 g/mol. The van der Waals surface area contributed by atoms with Crippen LogP contribution in [-0.4, -0.2) is 66.6 Å². The number of carbonyl (C=O) groups excluding carboxylic acids is 1. The Morgan fingerprint density at radius 3 is 3.00 bits per heavy atom. The average Bonchev–Trinajstić information content (AvgIpc) is 3.37. The Kier molecular flexibility index (Phi) is 5.62. The first-order chi connectivity index (χ1) is 11.2. The third-order valence-electron chi connectivity index (χ3n) is 4.59. The predicted molar refractivity (Wildman–Crippen MR) is 89.1 cm³/mol. The standard InChI is InChI=1S/C18H27N3O2/c1-20(12-15-5-6-15)13-17-14-21(10-11-23-17)18(22)8-7-16-4-2-3-9-19-16/h2-4,9,15,17H,5-8,10-14H2,1H3/t17-/m1/s1. The molecule has 1 aromatic rings. The summed E-state index contributed by atoms with van der Waals surface area (Å²) in [6, 6.07) is 5.84. The number of likely N-dealkylation sites (N-methyl/N-ethyl adjacent to an activating group) is 1. The summed E-state index contributed by atoms with van der Waals surface area (Å²) in [5, 5.41) is 0. The molecule has 2 aliphatic rings. The number of rotatable bonds is 7. The van der Waals surface area contributed by atoms with E-state index in [-0.39, 0.29) is 12.0 Å². The molecule has 1 saturated carbocycles. The van der Waals surface area contributed by atoms with Crippen molar-refractivity contribution in [1.29, 1.82) is 0 Å². The van der Waals surface area contributed by atoms with E-state index < -0.39 is 0 Å². The van der Waals surface area contributed by atoms with Gasteiger partial charge in [-0.25, -0.2) is 0 Å². The van der Waals surface area contributed by atoms with Crippen molar-refractivity contribution >= 4 is 5.91 Å². The van der Waals surface area contributed by atoms with Gasteiger partial charge in [0.25, 0.3) is 0 Å². The van der Waals surface area contributed by atoms with E-state index in [4.69, 9.17) is 4.74 Å². The number of morpholine rings is 1. The van der Waals surface area contributed by atoms with E-state index >= 15 is 0 Å². The van der Waals surface area contributed by atoms with Crippen LogP contribution in [-0.2, 0) is 16.0 Å². The van der Waals surface area contributed by atoms with Gasteiger partial charge in [-0.3, -0.25) is 9.78 Å². The van der Waals surface area contributed by atoms with Gasteiger partial charge >= 0.3 is 0 Å². The molecule has 126 valence electrons. The quantitative estimate of drug-likeness (QED) is 0.766. The molecule has 0 aromatic carbocycles. The highest BCUT2D eigenvalue weighted by molar-refractivity contribution is 5.76. The summed E-state index contributed by atoms with van der Waals surface area (Å²) < 4.78 is 5.85. The molecule has 0 spiro atoms. The van der Waals surface area contributed by atoms with Crippen molar-refractivity contribution < 1.29 is 9.53 Å². The highest BCUT2D eigenvalue weighted by atomic mass is 16.5. The van der Waals surface area contributed by atoms with Crippen LogP contribution in [0.25, 0.3) is 0 Å². The Morgan fingerprint density at radius 1 is 1.39 bits per heavy atom. The first kappa shape index (κ1) is 16.4. The van der Waals surface area contributed by atoms with E-state index in [2.05, 4.69) is 16.9 Å². The van der Waals surface area contributed by atoms with Gasteiger partial charge in [-0.05, 0) is 44.4 Å². The molecule has 2 fully saturated rings. The minimum atomic E-state index is 0.145. The topological polar surface area (TPSA) is 45.7 Å². The molecule has 0 unspecified atom stereocenters. The van der Waals surface area contributed by atoms with Crippen LogP contribution >= 0.6 is 0 Å². The minimum Gasteiger partial charge on any atom is -0.373 e. The average molecular weight is 317 g/mol. The number of nitrogens with zero attached hydrogens (tertiary/aromatic N) is 3. The molecule has 0 bridgehead atoms. The fraction of sp³-hybridized carbons (Fsp3) is 0.667. The molecule has 1 aliphatic heterocycles. The highest BCUT2D eigenvalue weighted by Gasteiger charge is 2.27. The van der Waals surface area contributed by atoms with Crippen LogP contribution in [0.1, 0.15) is 25.0 Å². The maximum absolute atomic E-state index is 12.4. The van der Waals surface area contributed by atoms with Crippen LogP contribution < -0.4 is 0 Å². The number of hydrogen-bond acceptors (Lipinski definition) is 4. The molecule has 5 heteroatoms. The minimum absolute atomic E-state index is 0.145. The molecule has 1 aliphatic carbocycles. The van der Waals surface area contributed by atoms with Crippen molar-refractivity contribution in [3.8, 4) is 0 Å². The van der Waals surface area contributed by atoms with E-state index in [0.717, 1.165) is 31.2 Å². The normalized spacial score (nSPS) is 21.7. The van der Waals surface area contributed by atoms with Gasteiger partial charge in [0.1, 0.15) is 0 Å².